The molecule has 1 saturated heterocycles. The second-order valence-electron chi connectivity index (χ2n) is 4.03. The number of carboxylic acids is 1. The molecule has 98 valence electrons. The molecule has 0 spiro atoms. The fraction of sp³-hybridized carbons (Fsp3) is 0.500. The predicted octanol–water partition coefficient (Wildman–Crippen LogP) is -0.159. The Labute approximate surface area is 107 Å². The van der Waals surface area contributed by atoms with E-state index in [0.29, 0.717) is 12.2 Å². The number of aliphatic hydroxyl groups is 1. The summed E-state index contributed by atoms with van der Waals surface area (Å²) >= 11 is 1.39. The molecule has 3 N–H and O–H groups in total. The summed E-state index contributed by atoms with van der Waals surface area (Å²) in [6.45, 7) is 1.37. The molecule has 2 heterocycles. The Morgan fingerprint density at radius 3 is 2.72 bits per heavy atom. The van der Waals surface area contributed by atoms with E-state index in [1.54, 1.807) is 0 Å². The maximum absolute atomic E-state index is 11.5. The number of nitrogens with zero attached hydrogens (tertiary/aromatic N) is 2. The first-order chi connectivity index (χ1) is 8.47. The van der Waals surface area contributed by atoms with Crippen LogP contribution in [0.2, 0.25) is 0 Å². The van der Waals surface area contributed by atoms with Crippen LogP contribution in [0.4, 0.5) is 0 Å². The Kier molecular flexibility index (Phi) is 3.31. The highest BCUT2D eigenvalue weighted by Gasteiger charge is 2.46. The Bertz CT molecular complexity index is 471. The number of carbonyl (C=O) groups is 2. The molecule has 1 fully saturated rings. The van der Waals surface area contributed by atoms with E-state index < -0.39 is 12.1 Å². The summed E-state index contributed by atoms with van der Waals surface area (Å²) in [5.74, 6) is -1.24. The lowest BCUT2D eigenvalue weighted by atomic mass is 10.0. The lowest BCUT2D eigenvalue weighted by Crippen LogP contribution is -2.54. The zero-order valence-electron chi connectivity index (χ0n) is 9.53. The molecule has 0 aromatic rings. The number of β-lactam (4-membered cyclic amide) rings is 1. The van der Waals surface area contributed by atoms with Gasteiger partial charge in [-0.1, -0.05) is 5.16 Å². The van der Waals surface area contributed by atoms with Crippen molar-refractivity contribution in [1.82, 2.24) is 4.90 Å². The van der Waals surface area contributed by atoms with Gasteiger partial charge in [0.2, 0.25) is 5.91 Å². The molecule has 0 aliphatic carbocycles. The molecule has 8 heteroatoms. The van der Waals surface area contributed by atoms with E-state index in [2.05, 4.69) is 5.16 Å². The quantitative estimate of drug-likeness (QED) is 0.285. The van der Waals surface area contributed by atoms with Crippen LogP contribution in [0.3, 0.4) is 0 Å². The molecular formula is C10H12N2O5S. The smallest absolute Gasteiger partial charge is 0.353 e. The molecular weight excluding hydrogens is 260 g/mol. The van der Waals surface area contributed by atoms with Crippen LogP contribution in [0, 0.1) is 0 Å². The summed E-state index contributed by atoms with van der Waals surface area (Å²) in [5.41, 5.74) is -0.115. The second-order valence-corrected chi connectivity index (χ2v) is 5.19. The average Bonchev–Trinajstić information content (AvgIpc) is 2.28. The summed E-state index contributed by atoms with van der Waals surface area (Å²) < 4.78 is 0. The van der Waals surface area contributed by atoms with E-state index in [1.807, 2.05) is 0 Å². The number of amides is 1. The van der Waals surface area contributed by atoms with E-state index in [4.69, 9.17) is 5.21 Å². The number of carbonyl (C=O) groups excluding carboxylic acids is 1. The van der Waals surface area contributed by atoms with Gasteiger partial charge in [0.25, 0.3) is 0 Å². The van der Waals surface area contributed by atoms with Crippen LogP contribution in [0.1, 0.15) is 13.3 Å². The van der Waals surface area contributed by atoms with E-state index >= 15 is 0 Å². The number of rotatable bonds is 3. The van der Waals surface area contributed by atoms with E-state index in [9.17, 15) is 19.8 Å². The third-order valence-corrected chi connectivity index (χ3v) is 4.09. The van der Waals surface area contributed by atoms with Crippen molar-refractivity contribution in [2.24, 2.45) is 5.16 Å². The molecule has 0 radical (unpaired) electrons. The van der Waals surface area contributed by atoms with Crippen molar-refractivity contribution in [2.45, 2.75) is 24.8 Å². The molecule has 0 aromatic heterocycles. The number of hydrogen-bond acceptors (Lipinski definition) is 6. The molecule has 7 nitrogen and oxygen atoms in total. The van der Waals surface area contributed by atoms with Crippen LogP contribution in [0.25, 0.3) is 0 Å². The van der Waals surface area contributed by atoms with Crippen LogP contribution in [0.15, 0.2) is 16.4 Å². The van der Waals surface area contributed by atoms with Crippen molar-refractivity contribution in [3.05, 3.63) is 11.3 Å². The molecule has 2 aliphatic rings. The van der Waals surface area contributed by atoms with Gasteiger partial charge in [0.1, 0.15) is 11.4 Å². The fourth-order valence-corrected chi connectivity index (χ4v) is 3.28. The highest BCUT2D eigenvalue weighted by Crippen LogP contribution is 2.40. The number of aliphatic hydroxyl groups excluding tert-OH is 1. The molecule has 2 atom stereocenters. The van der Waals surface area contributed by atoms with Crippen LogP contribution < -0.4 is 0 Å². The van der Waals surface area contributed by atoms with Gasteiger partial charge in [-0.2, -0.15) is 0 Å². The Hall–Kier alpha value is -1.54. The molecule has 0 bridgehead atoms. The number of oxime groups is 1. The van der Waals surface area contributed by atoms with Gasteiger partial charge in [0.05, 0.1) is 17.9 Å². The third-order valence-electron chi connectivity index (χ3n) is 2.87. The van der Waals surface area contributed by atoms with Gasteiger partial charge in [0, 0.05) is 11.3 Å². The first-order valence-corrected chi connectivity index (χ1v) is 6.32. The minimum absolute atomic E-state index is 0.113. The third kappa shape index (κ3) is 1.87. The summed E-state index contributed by atoms with van der Waals surface area (Å²) in [4.78, 5) is 23.9. The molecule has 18 heavy (non-hydrogen) atoms. The number of fused-ring (bicyclic) bond motifs is 1. The van der Waals surface area contributed by atoms with Crippen molar-refractivity contribution < 1.29 is 25.0 Å². The van der Waals surface area contributed by atoms with Crippen molar-refractivity contribution in [2.75, 3.05) is 5.75 Å². The molecule has 0 unspecified atom stereocenters. The molecule has 2 aliphatic heterocycles. The normalized spacial score (nSPS) is 25.7. The van der Waals surface area contributed by atoms with Gasteiger partial charge in [-0.15, -0.1) is 11.8 Å². The van der Waals surface area contributed by atoms with Gasteiger partial charge in [0.15, 0.2) is 0 Å². The van der Waals surface area contributed by atoms with E-state index in [1.165, 1.54) is 23.6 Å². The highest BCUT2D eigenvalue weighted by molar-refractivity contribution is 8.00. The van der Waals surface area contributed by atoms with Crippen molar-refractivity contribution >= 4 is 29.4 Å². The first kappa shape index (κ1) is 12.9. The summed E-state index contributed by atoms with van der Waals surface area (Å²) in [5, 5.41) is 30.3. The molecule has 2 rings (SSSR count). The first-order valence-electron chi connectivity index (χ1n) is 5.27. The van der Waals surface area contributed by atoms with Crippen molar-refractivity contribution in [3.63, 3.8) is 0 Å². The summed E-state index contributed by atoms with van der Waals surface area (Å²) in [7, 11) is 0. The Morgan fingerprint density at radius 2 is 2.28 bits per heavy atom. The van der Waals surface area contributed by atoms with Gasteiger partial charge in [-0.25, -0.2) is 4.79 Å². The maximum Gasteiger partial charge on any atom is 0.353 e. The molecule has 0 aromatic carbocycles. The Balaban J connectivity index is 2.49. The minimum Gasteiger partial charge on any atom is -0.477 e. The molecule has 0 saturated carbocycles. The maximum atomic E-state index is 11.5. The van der Waals surface area contributed by atoms with Crippen LogP contribution in [-0.2, 0) is 9.59 Å². The van der Waals surface area contributed by atoms with E-state index in [0.717, 1.165) is 0 Å². The van der Waals surface area contributed by atoms with Crippen molar-refractivity contribution in [3.8, 4) is 0 Å². The number of carboxylic acid groups (broad SMARTS) is 1. The molecule has 1 amide bonds. The van der Waals surface area contributed by atoms with Gasteiger partial charge in [-0.3, -0.25) is 9.69 Å². The standard InChI is InChI=1S/C10H12N2O5S/c1-4(13)8(11-17)5-3-18-7-2-6(14)12(7)9(5)10(15)16/h4,7,13,17H,2-3H2,1H3,(H,15,16)/t4-,7+/m1/s1. The van der Waals surface area contributed by atoms with Gasteiger partial charge in [-0.05, 0) is 6.92 Å². The number of aliphatic carboxylic acids is 1. The van der Waals surface area contributed by atoms with Gasteiger partial charge >= 0.3 is 5.97 Å². The summed E-state index contributed by atoms with van der Waals surface area (Å²) in [6.07, 6.45) is -0.789. The largest absolute Gasteiger partial charge is 0.477 e. The topological polar surface area (TPSA) is 110 Å². The lowest BCUT2D eigenvalue weighted by Gasteiger charge is -2.44. The van der Waals surface area contributed by atoms with Gasteiger partial charge < -0.3 is 15.4 Å². The zero-order chi connectivity index (χ0) is 13.4. The highest BCUT2D eigenvalue weighted by atomic mass is 32.2. The number of thioether (sulfide) groups is 1. The van der Waals surface area contributed by atoms with E-state index in [-0.39, 0.29) is 28.3 Å². The predicted molar refractivity (Wildman–Crippen MR) is 63.3 cm³/mol. The summed E-state index contributed by atoms with van der Waals surface area (Å²) in [6, 6.07) is 0. The lowest BCUT2D eigenvalue weighted by molar-refractivity contribution is -0.146. The Morgan fingerprint density at radius 1 is 1.61 bits per heavy atom. The number of hydrogen-bond donors (Lipinski definition) is 3. The zero-order valence-corrected chi connectivity index (χ0v) is 10.3. The average molecular weight is 272 g/mol. The van der Waals surface area contributed by atoms with Crippen molar-refractivity contribution in [1.29, 1.82) is 0 Å². The minimum atomic E-state index is -1.26. The fourth-order valence-electron chi connectivity index (χ4n) is 2.01. The monoisotopic (exact) mass is 272 g/mol. The van der Waals surface area contributed by atoms with Crippen LogP contribution in [-0.4, -0.2) is 55.1 Å². The second kappa shape index (κ2) is 4.62. The SMILES string of the molecule is C[C@@H](O)C(=NO)C1=C(C(=O)O)N2C(=O)C[C@@H]2SC1. The van der Waals surface area contributed by atoms with Crippen LogP contribution >= 0.6 is 11.8 Å². The van der Waals surface area contributed by atoms with Crippen LogP contribution in [0.5, 0.6) is 0 Å².